The van der Waals surface area contributed by atoms with Gasteiger partial charge < -0.3 is 4.90 Å². The molecule has 0 saturated carbocycles. The number of aryl methyl sites for hydroxylation is 1. The number of hydrogen-bond acceptors (Lipinski definition) is 4. The molecular formula is C22H18N2OS2. The van der Waals surface area contributed by atoms with Crippen LogP contribution in [0.3, 0.4) is 0 Å². The molecule has 1 amide bonds. The van der Waals surface area contributed by atoms with E-state index in [0.717, 1.165) is 35.1 Å². The van der Waals surface area contributed by atoms with Gasteiger partial charge in [-0.2, -0.15) is 0 Å². The lowest BCUT2D eigenvalue weighted by Crippen LogP contribution is -2.39. The molecule has 27 heavy (non-hydrogen) atoms. The number of fused-ring (bicyclic) bond motifs is 2. The molecule has 3 aromatic heterocycles. The largest absolute Gasteiger partial charge is 0.326 e. The summed E-state index contributed by atoms with van der Waals surface area (Å²) in [5.41, 5.74) is 3.77. The molecule has 0 N–H and O–H groups in total. The summed E-state index contributed by atoms with van der Waals surface area (Å²) in [6.45, 7) is 2.69. The fourth-order valence-electron chi connectivity index (χ4n) is 3.93. The molecular weight excluding hydrogens is 372 g/mol. The third-order valence-corrected chi connectivity index (χ3v) is 7.04. The van der Waals surface area contributed by atoms with Crippen LogP contribution in [0.25, 0.3) is 10.9 Å². The fourth-order valence-corrected chi connectivity index (χ4v) is 5.69. The standard InChI is InChI=1S/C22H18N2OS2/c1-14-13-17(15-5-2-3-6-18(15)23-14)22(25)24-10-8-19-16(9-12-27-19)21(24)20-7-4-11-26-20/h2-7,9,11-13,21H,8,10H2,1H3. The van der Waals surface area contributed by atoms with Crippen molar-refractivity contribution in [2.24, 2.45) is 0 Å². The highest BCUT2D eigenvalue weighted by Gasteiger charge is 2.34. The van der Waals surface area contributed by atoms with Crippen LogP contribution in [-0.2, 0) is 6.42 Å². The lowest BCUT2D eigenvalue weighted by Gasteiger charge is -2.35. The maximum Gasteiger partial charge on any atom is 0.255 e. The summed E-state index contributed by atoms with van der Waals surface area (Å²) < 4.78 is 0. The molecule has 1 atom stereocenters. The first kappa shape index (κ1) is 16.7. The highest BCUT2D eigenvalue weighted by atomic mass is 32.1. The quantitative estimate of drug-likeness (QED) is 0.456. The number of hydrogen-bond donors (Lipinski definition) is 0. The van der Waals surface area contributed by atoms with Gasteiger partial charge in [0.05, 0.1) is 17.1 Å². The average molecular weight is 391 g/mol. The van der Waals surface area contributed by atoms with E-state index in [1.807, 2.05) is 42.2 Å². The second kappa shape index (κ2) is 6.59. The minimum Gasteiger partial charge on any atom is -0.326 e. The van der Waals surface area contributed by atoms with Gasteiger partial charge in [-0.1, -0.05) is 24.3 Å². The van der Waals surface area contributed by atoms with Crippen LogP contribution in [0, 0.1) is 6.92 Å². The summed E-state index contributed by atoms with van der Waals surface area (Å²) >= 11 is 3.52. The number of aromatic nitrogens is 1. The molecule has 4 aromatic rings. The van der Waals surface area contributed by atoms with Crippen molar-refractivity contribution in [2.75, 3.05) is 6.54 Å². The number of amides is 1. The maximum atomic E-state index is 13.7. The molecule has 0 bridgehead atoms. The molecule has 1 aromatic carbocycles. The number of benzene rings is 1. The Morgan fingerprint density at radius 2 is 2.00 bits per heavy atom. The summed E-state index contributed by atoms with van der Waals surface area (Å²) in [7, 11) is 0. The van der Waals surface area contributed by atoms with Crippen LogP contribution in [0.2, 0.25) is 0 Å². The van der Waals surface area contributed by atoms with Gasteiger partial charge in [0.15, 0.2) is 0 Å². The van der Waals surface area contributed by atoms with Crippen molar-refractivity contribution < 1.29 is 4.79 Å². The Bertz CT molecular complexity index is 1130. The Hall–Kier alpha value is -2.50. The monoisotopic (exact) mass is 390 g/mol. The van der Waals surface area contributed by atoms with E-state index in [2.05, 4.69) is 33.9 Å². The van der Waals surface area contributed by atoms with E-state index in [0.29, 0.717) is 0 Å². The number of nitrogens with zero attached hydrogens (tertiary/aromatic N) is 2. The lowest BCUT2D eigenvalue weighted by atomic mass is 9.96. The molecule has 0 saturated heterocycles. The van der Waals surface area contributed by atoms with Gasteiger partial charge in [-0.3, -0.25) is 9.78 Å². The zero-order valence-electron chi connectivity index (χ0n) is 14.9. The van der Waals surface area contributed by atoms with Gasteiger partial charge in [0.2, 0.25) is 0 Å². The predicted octanol–water partition coefficient (Wildman–Crippen LogP) is 5.45. The first-order valence-corrected chi connectivity index (χ1v) is 10.8. The molecule has 0 fully saturated rings. The Kier molecular flexibility index (Phi) is 4.06. The molecule has 1 aliphatic heterocycles. The molecule has 0 spiro atoms. The van der Waals surface area contributed by atoms with E-state index in [9.17, 15) is 4.79 Å². The molecule has 4 heterocycles. The van der Waals surface area contributed by atoms with Crippen molar-refractivity contribution >= 4 is 39.5 Å². The molecule has 3 nitrogen and oxygen atoms in total. The molecule has 1 aliphatic rings. The first-order chi connectivity index (χ1) is 13.2. The maximum absolute atomic E-state index is 13.7. The van der Waals surface area contributed by atoms with Gasteiger partial charge >= 0.3 is 0 Å². The Labute approximate surface area is 165 Å². The Morgan fingerprint density at radius 1 is 1.11 bits per heavy atom. The van der Waals surface area contributed by atoms with Crippen molar-refractivity contribution in [3.63, 3.8) is 0 Å². The number of thiophene rings is 2. The second-order valence-corrected chi connectivity index (χ2v) is 8.77. The average Bonchev–Trinajstić information content (AvgIpc) is 3.37. The summed E-state index contributed by atoms with van der Waals surface area (Å²) in [5, 5.41) is 5.16. The van der Waals surface area contributed by atoms with Crippen LogP contribution in [0.15, 0.2) is 59.3 Å². The number of carbonyl (C=O) groups excluding carboxylic acids is 1. The normalized spacial score (nSPS) is 16.5. The zero-order chi connectivity index (χ0) is 18.4. The smallest absolute Gasteiger partial charge is 0.255 e. The SMILES string of the molecule is Cc1cc(C(=O)N2CCc3sccc3C2c2cccs2)c2ccccc2n1. The van der Waals surface area contributed by atoms with Gasteiger partial charge in [-0.25, -0.2) is 0 Å². The van der Waals surface area contributed by atoms with Crippen molar-refractivity contribution in [2.45, 2.75) is 19.4 Å². The van der Waals surface area contributed by atoms with E-state index in [1.165, 1.54) is 15.3 Å². The van der Waals surface area contributed by atoms with Crippen molar-refractivity contribution in [3.05, 3.63) is 85.9 Å². The van der Waals surface area contributed by atoms with E-state index in [1.54, 1.807) is 22.7 Å². The Morgan fingerprint density at radius 3 is 2.85 bits per heavy atom. The van der Waals surface area contributed by atoms with Gasteiger partial charge in [0, 0.05) is 27.4 Å². The van der Waals surface area contributed by atoms with Gasteiger partial charge in [0.25, 0.3) is 5.91 Å². The molecule has 5 heteroatoms. The fraction of sp³-hybridized carbons (Fsp3) is 0.182. The van der Waals surface area contributed by atoms with Gasteiger partial charge in [-0.05, 0) is 53.9 Å². The third kappa shape index (κ3) is 2.78. The molecule has 0 aliphatic carbocycles. The van der Waals surface area contributed by atoms with Gasteiger partial charge in [0.1, 0.15) is 0 Å². The van der Waals surface area contributed by atoms with Crippen LogP contribution >= 0.6 is 22.7 Å². The first-order valence-electron chi connectivity index (χ1n) is 8.99. The van der Waals surface area contributed by atoms with Crippen molar-refractivity contribution in [1.82, 2.24) is 9.88 Å². The van der Waals surface area contributed by atoms with Crippen LogP contribution in [-0.4, -0.2) is 22.3 Å². The number of pyridine rings is 1. The molecule has 5 rings (SSSR count). The van der Waals surface area contributed by atoms with E-state index in [-0.39, 0.29) is 11.9 Å². The van der Waals surface area contributed by atoms with Crippen LogP contribution in [0.4, 0.5) is 0 Å². The topological polar surface area (TPSA) is 33.2 Å². The van der Waals surface area contributed by atoms with E-state index < -0.39 is 0 Å². The highest BCUT2D eigenvalue weighted by Crippen LogP contribution is 2.40. The van der Waals surface area contributed by atoms with E-state index in [4.69, 9.17) is 0 Å². The molecule has 134 valence electrons. The van der Waals surface area contributed by atoms with Gasteiger partial charge in [-0.15, -0.1) is 22.7 Å². The summed E-state index contributed by atoms with van der Waals surface area (Å²) in [5.74, 6) is 0.0898. The summed E-state index contributed by atoms with van der Waals surface area (Å²) in [4.78, 5) is 23.0. The lowest BCUT2D eigenvalue weighted by molar-refractivity contribution is 0.0700. The minimum absolute atomic E-state index is 0.000247. The Balaban J connectivity index is 1.65. The summed E-state index contributed by atoms with van der Waals surface area (Å²) in [6, 6.07) is 16.2. The van der Waals surface area contributed by atoms with Crippen LogP contribution in [0.5, 0.6) is 0 Å². The van der Waals surface area contributed by atoms with Crippen LogP contribution in [0.1, 0.15) is 37.4 Å². The molecule has 0 radical (unpaired) electrons. The number of para-hydroxylation sites is 1. The third-order valence-electron chi connectivity index (χ3n) is 5.11. The predicted molar refractivity (Wildman–Crippen MR) is 112 cm³/mol. The number of rotatable bonds is 2. The number of carbonyl (C=O) groups is 1. The van der Waals surface area contributed by atoms with Crippen molar-refractivity contribution in [3.8, 4) is 0 Å². The minimum atomic E-state index is -0.000247. The molecule has 1 unspecified atom stereocenters. The van der Waals surface area contributed by atoms with Crippen molar-refractivity contribution in [1.29, 1.82) is 0 Å². The second-order valence-electron chi connectivity index (χ2n) is 6.79. The highest BCUT2D eigenvalue weighted by molar-refractivity contribution is 7.10. The van der Waals surface area contributed by atoms with Crippen LogP contribution < -0.4 is 0 Å². The van der Waals surface area contributed by atoms with E-state index >= 15 is 0 Å². The summed E-state index contributed by atoms with van der Waals surface area (Å²) in [6.07, 6.45) is 0.919. The zero-order valence-corrected chi connectivity index (χ0v) is 16.5.